The second-order valence-corrected chi connectivity index (χ2v) is 4.55. The van der Waals surface area contributed by atoms with Gasteiger partial charge in [-0.1, -0.05) is 12.1 Å². The van der Waals surface area contributed by atoms with Crippen LogP contribution < -0.4 is 0 Å². The zero-order chi connectivity index (χ0) is 13.8. The molecule has 1 heterocycles. The number of aromatic nitrogens is 2. The molecule has 0 aliphatic carbocycles. The molecule has 1 unspecified atom stereocenters. The van der Waals surface area contributed by atoms with Gasteiger partial charge in [0.25, 0.3) is 0 Å². The maximum absolute atomic E-state index is 10.2. The van der Waals surface area contributed by atoms with E-state index in [1.54, 1.807) is 24.3 Å². The van der Waals surface area contributed by atoms with Gasteiger partial charge in [-0.2, -0.15) is 10.4 Å². The zero-order valence-electron chi connectivity index (χ0n) is 11.2. The number of aliphatic hydroxyl groups is 1. The van der Waals surface area contributed by atoms with E-state index in [2.05, 4.69) is 11.2 Å². The standard InChI is InChI=1S/C15H17N3O/c1-3-18-14(8-11(2)17-18)9-15(19)13-6-4-12(10-16)5-7-13/h4-8,15,19H,3,9H2,1-2H3. The summed E-state index contributed by atoms with van der Waals surface area (Å²) in [4.78, 5) is 0. The molecule has 1 aromatic carbocycles. The van der Waals surface area contributed by atoms with E-state index in [0.29, 0.717) is 12.0 Å². The minimum Gasteiger partial charge on any atom is -0.388 e. The smallest absolute Gasteiger partial charge is 0.0991 e. The zero-order valence-corrected chi connectivity index (χ0v) is 11.2. The third-order valence-electron chi connectivity index (χ3n) is 3.11. The molecule has 4 heteroatoms. The molecule has 19 heavy (non-hydrogen) atoms. The van der Waals surface area contributed by atoms with E-state index >= 15 is 0 Å². The molecule has 0 aliphatic rings. The Kier molecular flexibility index (Phi) is 3.98. The van der Waals surface area contributed by atoms with Crippen LogP contribution >= 0.6 is 0 Å². The van der Waals surface area contributed by atoms with Crippen LogP contribution in [0.25, 0.3) is 0 Å². The average molecular weight is 255 g/mol. The molecule has 0 aliphatic heterocycles. The van der Waals surface area contributed by atoms with E-state index in [4.69, 9.17) is 5.26 Å². The van der Waals surface area contributed by atoms with Crippen molar-refractivity contribution >= 4 is 0 Å². The van der Waals surface area contributed by atoms with Gasteiger partial charge in [-0.05, 0) is 37.6 Å². The predicted molar refractivity (Wildman–Crippen MR) is 72.5 cm³/mol. The van der Waals surface area contributed by atoms with Crippen molar-refractivity contribution in [3.63, 3.8) is 0 Å². The van der Waals surface area contributed by atoms with E-state index in [-0.39, 0.29) is 0 Å². The van der Waals surface area contributed by atoms with Crippen molar-refractivity contribution in [2.24, 2.45) is 0 Å². The van der Waals surface area contributed by atoms with E-state index < -0.39 is 6.10 Å². The van der Waals surface area contributed by atoms with Gasteiger partial charge < -0.3 is 5.11 Å². The van der Waals surface area contributed by atoms with Crippen LogP contribution in [0.1, 0.15) is 35.5 Å². The van der Waals surface area contributed by atoms with Crippen molar-refractivity contribution in [1.29, 1.82) is 5.26 Å². The summed E-state index contributed by atoms with van der Waals surface area (Å²) in [5.74, 6) is 0. The van der Waals surface area contributed by atoms with Crippen molar-refractivity contribution < 1.29 is 5.11 Å². The molecule has 2 rings (SSSR count). The first-order chi connectivity index (χ1) is 9.13. The molecular formula is C15H17N3O. The predicted octanol–water partition coefficient (Wildman–Crippen LogP) is 2.36. The molecule has 1 atom stereocenters. The molecular weight excluding hydrogens is 238 g/mol. The van der Waals surface area contributed by atoms with E-state index in [0.717, 1.165) is 23.5 Å². The highest BCUT2D eigenvalue weighted by Gasteiger charge is 2.12. The first-order valence-corrected chi connectivity index (χ1v) is 6.35. The highest BCUT2D eigenvalue weighted by Crippen LogP contribution is 2.19. The fourth-order valence-corrected chi connectivity index (χ4v) is 2.13. The number of nitrogens with zero attached hydrogens (tertiary/aromatic N) is 3. The molecule has 0 amide bonds. The number of hydrogen-bond acceptors (Lipinski definition) is 3. The fraction of sp³-hybridized carbons (Fsp3) is 0.333. The molecule has 0 saturated carbocycles. The molecule has 0 fully saturated rings. The molecule has 1 N–H and O–H groups in total. The van der Waals surface area contributed by atoms with Gasteiger partial charge >= 0.3 is 0 Å². The molecule has 1 aromatic heterocycles. The van der Waals surface area contributed by atoms with Crippen molar-refractivity contribution in [2.75, 3.05) is 0 Å². The maximum Gasteiger partial charge on any atom is 0.0991 e. The Morgan fingerprint density at radius 3 is 2.63 bits per heavy atom. The number of aryl methyl sites for hydroxylation is 2. The Morgan fingerprint density at radius 1 is 1.37 bits per heavy atom. The molecule has 0 saturated heterocycles. The number of benzene rings is 1. The second kappa shape index (κ2) is 5.68. The van der Waals surface area contributed by atoms with Crippen molar-refractivity contribution in [3.8, 4) is 6.07 Å². The van der Waals surface area contributed by atoms with Gasteiger partial charge in [-0.15, -0.1) is 0 Å². The van der Waals surface area contributed by atoms with Gasteiger partial charge in [-0.3, -0.25) is 4.68 Å². The average Bonchev–Trinajstić information content (AvgIpc) is 2.78. The van der Waals surface area contributed by atoms with Crippen molar-refractivity contribution in [3.05, 3.63) is 52.8 Å². The Labute approximate surface area is 112 Å². The molecule has 4 nitrogen and oxygen atoms in total. The molecule has 0 spiro atoms. The van der Waals surface area contributed by atoms with Crippen LogP contribution in [-0.4, -0.2) is 14.9 Å². The van der Waals surface area contributed by atoms with Gasteiger partial charge in [0.1, 0.15) is 0 Å². The third-order valence-corrected chi connectivity index (χ3v) is 3.11. The van der Waals surface area contributed by atoms with Gasteiger partial charge in [0.2, 0.25) is 0 Å². The Hall–Kier alpha value is -2.12. The molecule has 2 aromatic rings. The fourth-order valence-electron chi connectivity index (χ4n) is 2.13. The lowest BCUT2D eigenvalue weighted by molar-refractivity contribution is 0.175. The van der Waals surface area contributed by atoms with Crippen LogP contribution in [0.2, 0.25) is 0 Å². The Balaban J connectivity index is 2.15. The lowest BCUT2D eigenvalue weighted by atomic mass is 10.0. The van der Waals surface area contributed by atoms with Gasteiger partial charge in [0, 0.05) is 18.7 Å². The lowest BCUT2D eigenvalue weighted by Gasteiger charge is -2.12. The highest BCUT2D eigenvalue weighted by atomic mass is 16.3. The SMILES string of the molecule is CCn1nc(C)cc1CC(O)c1ccc(C#N)cc1. The summed E-state index contributed by atoms with van der Waals surface area (Å²) in [6, 6.07) is 11.1. The van der Waals surface area contributed by atoms with E-state index in [1.165, 1.54) is 0 Å². The summed E-state index contributed by atoms with van der Waals surface area (Å²) < 4.78 is 1.90. The maximum atomic E-state index is 10.2. The van der Waals surface area contributed by atoms with Gasteiger partial charge in [0.15, 0.2) is 0 Å². The number of aliphatic hydroxyl groups excluding tert-OH is 1. The van der Waals surface area contributed by atoms with Gasteiger partial charge in [0.05, 0.1) is 23.4 Å². The van der Waals surface area contributed by atoms with E-state index in [1.807, 2.05) is 24.6 Å². The van der Waals surface area contributed by atoms with Crippen LogP contribution in [0.5, 0.6) is 0 Å². The summed E-state index contributed by atoms with van der Waals surface area (Å²) >= 11 is 0. The topological polar surface area (TPSA) is 61.8 Å². The lowest BCUT2D eigenvalue weighted by Crippen LogP contribution is -2.08. The van der Waals surface area contributed by atoms with Crippen LogP contribution in [0.3, 0.4) is 0 Å². The van der Waals surface area contributed by atoms with Crippen LogP contribution in [0, 0.1) is 18.3 Å². The molecule has 0 bridgehead atoms. The number of rotatable bonds is 4. The van der Waals surface area contributed by atoms with Crippen LogP contribution in [0.4, 0.5) is 0 Å². The number of nitriles is 1. The molecule has 0 radical (unpaired) electrons. The Bertz CT molecular complexity index is 593. The van der Waals surface area contributed by atoms with Crippen LogP contribution in [0.15, 0.2) is 30.3 Å². The van der Waals surface area contributed by atoms with E-state index in [9.17, 15) is 5.11 Å². The van der Waals surface area contributed by atoms with Crippen molar-refractivity contribution in [2.45, 2.75) is 32.9 Å². The molecule has 98 valence electrons. The Morgan fingerprint density at radius 2 is 2.05 bits per heavy atom. The summed E-state index contributed by atoms with van der Waals surface area (Å²) in [6.45, 7) is 4.77. The number of hydrogen-bond donors (Lipinski definition) is 1. The first kappa shape index (κ1) is 13.3. The summed E-state index contributed by atoms with van der Waals surface area (Å²) in [5, 5.41) is 23.4. The van der Waals surface area contributed by atoms with Gasteiger partial charge in [-0.25, -0.2) is 0 Å². The second-order valence-electron chi connectivity index (χ2n) is 4.55. The first-order valence-electron chi connectivity index (χ1n) is 6.35. The minimum atomic E-state index is -0.575. The highest BCUT2D eigenvalue weighted by molar-refractivity contribution is 5.32. The van der Waals surface area contributed by atoms with Crippen LogP contribution in [-0.2, 0) is 13.0 Å². The largest absolute Gasteiger partial charge is 0.388 e. The van der Waals surface area contributed by atoms with Crippen molar-refractivity contribution in [1.82, 2.24) is 9.78 Å². The normalized spacial score (nSPS) is 12.1. The quantitative estimate of drug-likeness (QED) is 0.912. The summed E-state index contributed by atoms with van der Waals surface area (Å²) in [6.07, 6.45) is -0.0465. The monoisotopic (exact) mass is 255 g/mol. The third kappa shape index (κ3) is 3.01. The minimum absolute atomic E-state index is 0.528. The summed E-state index contributed by atoms with van der Waals surface area (Å²) in [7, 11) is 0. The summed E-state index contributed by atoms with van der Waals surface area (Å²) in [5.41, 5.74) is 3.41.